The van der Waals surface area contributed by atoms with E-state index in [0.717, 1.165) is 51.0 Å². The predicted octanol–water partition coefficient (Wildman–Crippen LogP) is 3.79. The molecule has 0 N–H and O–H groups in total. The number of amides is 1. The Bertz CT molecular complexity index is 817. The van der Waals surface area contributed by atoms with Crippen molar-refractivity contribution in [2.75, 3.05) is 26.3 Å². The summed E-state index contributed by atoms with van der Waals surface area (Å²) in [6, 6.07) is 10.3. The summed E-state index contributed by atoms with van der Waals surface area (Å²) in [7, 11) is 0. The van der Waals surface area contributed by atoms with Gasteiger partial charge in [0.1, 0.15) is 5.69 Å². The highest BCUT2D eigenvalue weighted by atomic mass is 16.5. The first-order chi connectivity index (χ1) is 14.6. The second kappa shape index (κ2) is 9.67. The van der Waals surface area contributed by atoms with E-state index in [4.69, 9.17) is 9.47 Å². The van der Waals surface area contributed by atoms with Gasteiger partial charge in [-0.05, 0) is 50.5 Å². The van der Waals surface area contributed by atoms with Crippen LogP contribution >= 0.6 is 0 Å². The van der Waals surface area contributed by atoms with Crippen molar-refractivity contribution in [2.24, 2.45) is 5.92 Å². The number of hydrogen-bond acceptors (Lipinski definition) is 5. The van der Waals surface area contributed by atoms with Gasteiger partial charge >= 0.3 is 0 Å². The van der Waals surface area contributed by atoms with Crippen LogP contribution in [0.5, 0.6) is 0 Å². The van der Waals surface area contributed by atoms with Crippen LogP contribution < -0.4 is 0 Å². The van der Waals surface area contributed by atoms with Crippen molar-refractivity contribution in [3.63, 3.8) is 0 Å². The van der Waals surface area contributed by atoms with Gasteiger partial charge in [0.2, 0.25) is 0 Å². The highest BCUT2D eigenvalue weighted by molar-refractivity contribution is 5.92. The van der Waals surface area contributed by atoms with E-state index < -0.39 is 0 Å². The van der Waals surface area contributed by atoms with Crippen LogP contribution in [0.15, 0.2) is 42.7 Å². The van der Waals surface area contributed by atoms with Crippen molar-refractivity contribution in [3.05, 3.63) is 59.7 Å². The lowest BCUT2D eigenvalue weighted by molar-refractivity contribution is -0.126. The molecule has 2 aliphatic heterocycles. The Morgan fingerprint density at radius 3 is 2.73 bits per heavy atom. The van der Waals surface area contributed by atoms with Crippen LogP contribution in [0.1, 0.15) is 53.8 Å². The van der Waals surface area contributed by atoms with Gasteiger partial charge < -0.3 is 14.4 Å². The second-order valence-corrected chi connectivity index (χ2v) is 8.55. The summed E-state index contributed by atoms with van der Waals surface area (Å²) >= 11 is 0. The van der Waals surface area contributed by atoms with Crippen LogP contribution in [0.2, 0.25) is 0 Å². The predicted molar refractivity (Wildman–Crippen MR) is 114 cm³/mol. The first kappa shape index (κ1) is 20.9. The average molecular weight is 410 g/mol. The van der Waals surface area contributed by atoms with Gasteiger partial charge in [-0.3, -0.25) is 9.78 Å². The van der Waals surface area contributed by atoms with E-state index >= 15 is 0 Å². The van der Waals surface area contributed by atoms with Crippen molar-refractivity contribution in [2.45, 2.75) is 51.2 Å². The average Bonchev–Trinajstić information content (AvgIpc) is 2.78. The van der Waals surface area contributed by atoms with E-state index in [2.05, 4.69) is 22.1 Å². The lowest BCUT2D eigenvalue weighted by Crippen LogP contribution is -2.51. The van der Waals surface area contributed by atoms with Gasteiger partial charge in [0.25, 0.3) is 5.91 Å². The molecule has 2 aromatic rings. The van der Waals surface area contributed by atoms with Gasteiger partial charge in [-0.2, -0.15) is 0 Å². The number of nitrogens with zero attached hydrogens (tertiary/aromatic N) is 3. The first-order valence-corrected chi connectivity index (χ1v) is 11.0. The maximum atomic E-state index is 12.7. The van der Waals surface area contributed by atoms with Crippen LogP contribution in [-0.2, 0) is 16.1 Å². The van der Waals surface area contributed by atoms with Crippen molar-refractivity contribution in [1.29, 1.82) is 0 Å². The van der Waals surface area contributed by atoms with Gasteiger partial charge in [-0.15, -0.1) is 0 Å². The van der Waals surface area contributed by atoms with Crippen molar-refractivity contribution < 1.29 is 14.3 Å². The Kier molecular flexibility index (Phi) is 6.75. The number of ether oxygens (including phenoxy) is 2. The van der Waals surface area contributed by atoms with Crippen molar-refractivity contribution in [3.8, 4) is 0 Å². The van der Waals surface area contributed by atoms with E-state index in [0.29, 0.717) is 31.3 Å². The van der Waals surface area contributed by atoms with Crippen LogP contribution in [0.3, 0.4) is 0 Å². The maximum absolute atomic E-state index is 12.7. The van der Waals surface area contributed by atoms with Crippen LogP contribution in [0.25, 0.3) is 0 Å². The minimum Gasteiger partial charge on any atom is -0.377 e. The molecule has 2 saturated heterocycles. The molecule has 1 atom stereocenters. The number of hydrogen-bond donors (Lipinski definition) is 0. The Balaban J connectivity index is 1.23. The fourth-order valence-electron chi connectivity index (χ4n) is 4.52. The van der Waals surface area contributed by atoms with E-state index in [1.807, 2.05) is 30.0 Å². The fraction of sp³-hybridized carbons (Fsp3) is 0.542. The molecule has 3 heterocycles. The summed E-state index contributed by atoms with van der Waals surface area (Å²) < 4.78 is 12.2. The molecule has 6 heteroatoms. The van der Waals surface area contributed by atoms with Gasteiger partial charge in [-0.25, -0.2) is 4.98 Å². The second-order valence-electron chi connectivity index (χ2n) is 8.55. The molecule has 0 radical (unpaired) electrons. The third-order valence-corrected chi connectivity index (χ3v) is 6.34. The minimum atomic E-state index is -0.0852. The number of rotatable bonds is 6. The normalized spacial score (nSPS) is 21.0. The molecule has 1 spiro atoms. The van der Waals surface area contributed by atoms with Gasteiger partial charge in [0.05, 0.1) is 24.1 Å². The topological polar surface area (TPSA) is 64.6 Å². The van der Waals surface area contributed by atoms with Crippen LogP contribution in [0.4, 0.5) is 0 Å². The first-order valence-electron chi connectivity index (χ1n) is 11.0. The lowest BCUT2D eigenvalue weighted by Gasteiger charge is -2.46. The number of carbonyl (C=O) groups excluding carboxylic acids is 1. The highest BCUT2D eigenvalue weighted by Gasteiger charge is 2.41. The van der Waals surface area contributed by atoms with Crippen molar-refractivity contribution >= 4 is 5.91 Å². The van der Waals surface area contributed by atoms with E-state index in [9.17, 15) is 4.79 Å². The molecule has 1 amide bonds. The van der Waals surface area contributed by atoms with Gasteiger partial charge in [0, 0.05) is 32.5 Å². The number of carbonyl (C=O) groups is 1. The quantitative estimate of drug-likeness (QED) is 0.679. The summed E-state index contributed by atoms with van der Waals surface area (Å²) in [5.41, 5.74) is 2.38. The van der Waals surface area contributed by atoms with Crippen molar-refractivity contribution in [1.82, 2.24) is 14.9 Å². The molecule has 1 unspecified atom stereocenters. The summed E-state index contributed by atoms with van der Waals surface area (Å²) in [4.78, 5) is 23.0. The molecule has 2 fully saturated rings. The van der Waals surface area contributed by atoms with E-state index in [1.54, 1.807) is 12.4 Å². The molecule has 0 aliphatic carbocycles. The summed E-state index contributed by atoms with van der Waals surface area (Å²) in [6.45, 7) is 5.56. The fourth-order valence-corrected chi connectivity index (χ4v) is 4.52. The number of aryl methyl sites for hydroxylation is 1. The Morgan fingerprint density at radius 1 is 1.20 bits per heavy atom. The SMILES string of the molecule is Cc1cnc(C(=O)N2CCC3(CC2)CC(CCOCc2ccccc2)CCO3)cn1. The van der Waals surface area contributed by atoms with Gasteiger partial charge in [-0.1, -0.05) is 30.3 Å². The molecule has 2 aliphatic rings. The monoisotopic (exact) mass is 409 g/mol. The zero-order valence-electron chi connectivity index (χ0n) is 17.8. The molecule has 1 aromatic heterocycles. The number of piperidine rings is 1. The number of likely N-dealkylation sites (tertiary alicyclic amines) is 1. The Morgan fingerprint density at radius 2 is 2.00 bits per heavy atom. The largest absolute Gasteiger partial charge is 0.377 e. The molecular weight excluding hydrogens is 378 g/mol. The number of benzene rings is 1. The third-order valence-electron chi connectivity index (χ3n) is 6.34. The molecule has 6 nitrogen and oxygen atoms in total. The molecular formula is C24H31N3O3. The van der Waals surface area contributed by atoms with E-state index in [1.165, 1.54) is 5.56 Å². The molecule has 4 rings (SSSR count). The third kappa shape index (κ3) is 5.24. The zero-order chi connectivity index (χ0) is 20.8. The molecule has 1 aromatic carbocycles. The van der Waals surface area contributed by atoms with Crippen LogP contribution in [-0.4, -0.2) is 52.7 Å². The Labute approximate surface area is 178 Å². The smallest absolute Gasteiger partial charge is 0.274 e. The van der Waals surface area contributed by atoms with Crippen LogP contribution in [0, 0.1) is 12.8 Å². The lowest BCUT2D eigenvalue weighted by atomic mass is 9.78. The minimum absolute atomic E-state index is 0.0287. The summed E-state index contributed by atoms with van der Waals surface area (Å²) in [5, 5.41) is 0. The molecule has 0 saturated carbocycles. The summed E-state index contributed by atoms with van der Waals surface area (Å²) in [6.07, 6.45) is 8.22. The number of aromatic nitrogens is 2. The molecule has 160 valence electrons. The van der Waals surface area contributed by atoms with E-state index in [-0.39, 0.29) is 11.5 Å². The Hall–Kier alpha value is -2.31. The standard InChI is InChI=1S/C24H31N3O3/c1-19-16-26-22(17-25-19)23(28)27-11-9-24(10-12-27)15-20(8-14-30-24)7-13-29-18-21-5-3-2-4-6-21/h2-6,16-17,20H,7-15,18H2,1H3. The summed E-state index contributed by atoms with van der Waals surface area (Å²) in [5.74, 6) is 0.596. The highest BCUT2D eigenvalue weighted by Crippen LogP contribution is 2.39. The molecule has 30 heavy (non-hydrogen) atoms. The van der Waals surface area contributed by atoms with Gasteiger partial charge in [0.15, 0.2) is 0 Å². The maximum Gasteiger partial charge on any atom is 0.274 e. The zero-order valence-corrected chi connectivity index (χ0v) is 17.8. The molecule has 0 bridgehead atoms.